The maximum Gasteiger partial charge on any atom is 0.258 e. The van der Waals surface area contributed by atoms with Crippen LogP contribution in [0, 0.1) is 12.3 Å². The molecule has 0 bridgehead atoms. The molecule has 0 N–H and O–H groups in total. The van der Waals surface area contributed by atoms with Gasteiger partial charge in [-0.05, 0) is 28.3 Å². The fourth-order valence-corrected chi connectivity index (χ4v) is 9.73. The van der Waals surface area contributed by atoms with Crippen LogP contribution in [0.25, 0.3) is 6.08 Å². The van der Waals surface area contributed by atoms with E-state index in [9.17, 15) is 8.42 Å². The average molecular weight is 434 g/mol. The summed E-state index contributed by atoms with van der Waals surface area (Å²) in [7, 11) is -5.78. The van der Waals surface area contributed by atoms with Crippen molar-refractivity contribution in [1.29, 1.82) is 0 Å². The Morgan fingerprint density at radius 1 is 1.10 bits per heavy atom. The smallest absolute Gasteiger partial charge is 0.258 e. The fraction of sp³-hybridized carbons (Fsp3) is 0.478. The fourth-order valence-electron chi connectivity index (χ4n) is 3.89. The molecule has 1 aromatic carbocycles. The number of sulfonamides is 1. The highest BCUT2D eigenvalue weighted by atomic mass is 32.2. The summed E-state index contributed by atoms with van der Waals surface area (Å²) in [6.07, 6.45) is 11.9. The number of benzene rings is 1. The van der Waals surface area contributed by atoms with Crippen LogP contribution < -0.4 is 0 Å². The van der Waals surface area contributed by atoms with Crippen LogP contribution in [0.15, 0.2) is 48.4 Å². The van der Waals surface area contributed by atoms with Gasteiger partial charge in [-0.25, -0.2) is 8.42 Å². The molecule has 0 radical (unpaired) electrons. The second-order valence-corrected chi connectivity index (χ2v) is 15.5. The molecule has 0 spiro atoms. The molecule has 6 heteroatoms. The number of allylic oxidation sites excluding steroid dienone is 1. The molecule has 1 rings (SSSR count). The largest absolute Gasteiger partial charge is 0.542 e. The lowest BCUT2D eigenvalue weighted by Crippen LogP contribution is -2.47. The Morgan fingerprint density at radius 2 is 1.62 bits per heavy atom. The highest BCUT2D eigenvalue weighted by Crippen LogP contribution is 2.43. The minimum absolute atomic E-state index is 0.0372. The van der Waals surface area contributed by atoms with Crippen molar-refractivity contribution in [2.75, 3.05) is 12.8 Å². The molecule has 0 aromatic heterocycles. The summed E-state index contributed by atoms with van der Waals surface area (Å²) in [5.41, 5.74) is 2.08. The predicted octanol–water partition coefficient (Wildman–Crippen LogP) is 5.63. The van der Waals surface area contributed by atoms with Crippen molar-refractivity contribution in [2.45, 2.75) is 58.2 Å². The van der Waals surface area contributed by atoms with E-state index in [0.29, 0.717) is 22.4 Å². The van der Waals surface area contributed by atoms with Crippen LogP contribution in [-0.4, -0.2) is 33.8 Å². The maximum atomic E-state index is 12.2. The Bertz CT molecular complexity index is 828. The SMILES string of the molecule is C#CCN(/C=C(/C=C/c1ccccc1)O[Si](C(C)C)(C(C)C)C(C)C)S(C)(=O)=O. The van der Waals surface area contributed by atoms with Crippen molar-refractivity contribution >= 4 is 24.4 Å². The highest BCUT2D eigenvalue weighted by molar-refractivity contribution is 7.88. The van der Waals surface area contributed by atoms with Gasteiger partial charge in [0.05, 0.1) is 19.0 Å². The topological polar surface area (TPSA) is 46.6 Å². The van der Waals surface area contributed by atoms with Crippen LogP contribution in [-0.2, 0) is 14.4 Å². The molecule has 0 saturated carbocycles. The molecule has 0 aliphatic heterocycles. The van der Waals surface area contributed by atoms with E-state index in [-0.39, 0.29) is 6.54 Å². The first-order chi connectivity index (χ1) is 13.4. The third-order valence-electron chi connectivity index (χ3n) is 5.19. The van der Waals surface area contributed by atoms with Crippen LogP contribution in [0.3, 0.4) is 0 Å². The molecule has 4 nitrogen and oxygen atoms in total. The van der Waals surface area contributed by atoms with E-state index in [4.69, 9.17) is 10.8 Å². The molecule has 29 heavy (non-hydrogen) atoms. The van der Waals surface area contributed by atoms with E-state index in [1.165, 1.54) is 6.20 Å². The summed E-state index contributed by atoms with van der Waals surface area (Å²) < 4.78 is 32.4. The zero-order valence-electron chi connectivity index (χ0n) is 18.7. The van der Waals surface area contributed by atoms with Gasteiger partial charge in [-0.3, -0.25) is 4.31 Å². The van der Waals surface area contributed by atoms with Crippen molar-refractivity contribution < 1.29 is 12.8 Å². The molecule has 0 heterocycles. The monoisotopic (exact) mass is 433 g/mol. The van der Waals surface area contributed by atoms with Crippen LogP contribution in [0.2, 0.25) is 16.6 Å². The molecule has 0 aliphatic rings. The lowest BCUT2D eigenvalue weighted by Gasteiger charge is -2.42. The lowest BCUT2D eigenvalue weighted by atomic mass is 10.2. The molecule has 0 unspecified atom stereocenters. The van der Waals surface area contributed by atoms with Gasteiger partial charge in [0.2, 0.25) is 10.0 Å². The van der Waals surface area contributed by atoms with E-state index >= 15 is 0 Å². The van der Waals surface area contributed by atoms with Gasteiger partial charge in [-0.1, -0.05) is 83.9 Å². The van der Waals surface area contributed by atoms with Crippen molar-refractivity contribution in [3.8, 4) is 12.3 Å². The van der Waals surface area contributed by atoms with Crippen LogP contribution in [0.5, 0.6) is 0 Å². The molecule has 0 aliphatic carbocycles. The second-order valence-electron chi connectivity index (χ2n) is 8.21. The summed E-state index contributed by atoms with van der Waals surface area (Å²) in [6.45, 7) is 13.1. The van der Waals surface area contributed by atoms with Crippen LogP contribution in [0.4, 0.5) is 0 Å². The Balaban J connectivity index is 3.52. The Morgan fingerprint density at radius 3 is 2.03 bits per heavy atom. The molecule has 0 fully saturated rings. The van der Waals surface area contributed by atoms with Crippen molar-refractivity contribution in [3.05, 3.63) is 53.9 Å². The first kappa shape index (κ1) is 25.1. The van der Waals surface area contributed by atoms with E-state index in [1.807, 2.05) is 42.5 Å². The third-order valence-corrected chi connectivity index (χ3v) is 12.3. The summed E-state index contributed by atoms with van der Waals surface area (Å²) in [5, 5.41) is 0. The van der Waals surface area contributed by atoms with Gasteiger partial charge in [0.25, 0.3) is 8.32 Å². The van der Waals surface area contributed by atoms with E-state index in [1.54, 1.807) is 0 Å². The molecule has 1 aromatic rings. The standard InChI is InChI=1S/C23H35NO3SSi/c1-9-17-24(28(8,25)26)18-23(16-15-22-13-11-10-12-14-22)27-29(19(2)3,20(4)5)21(6)7/h1,10-16,18-21H,17H2,2-8H3/b16-15+,23-18-. The minimum atomic E-state index is -3.51. The number of hydrogen-bond donors (Lipinski definition) is 0. The van der Waals surface area contributed by atoms with Gasteiger partial charge in [0.1, 0.15) is 5.76 Å². The number of hydrogen-bond acceptors (Lipinski definition) is 3. The Hall–Kier alpha value is -1.97. The van der Waals surface area contributed by atoms with Gasteiger partial charge < -0.3 is 4.43 Å². The summed E-state index contributed by atoms with van der Waals surface area (Å²) in [6, 6.07) is 9.85. The summed E-state index contributed by atoms with van der Waals surface area (Å²) in [4.78, 5) is 0. The number of terminal acetylenes is 1. The Labute approximate surface area is 178 Å². The quantitative estimate of drug-likeness (QED) is 0.208. The van der Waals surface area contributed by atoms with Gasteiger partial charge >= 0.3 is 0 Å². The van der Waals surface area contributed by atoms with Crippen molar-refractivity contribution in [1.82, 2.24) is 4.31 Å². The van der Waals surface area contributed by atoms with E-state index in [0.717, 1.165) is 16.1 Å². The van der Waals surface area contributed by atoms with Gasteiger partial charge in [-0.2, -0.15) is 0 Å². The van der Waals surface area contributed by atoms with Gasteiger partial charge in [0.15, 0.2) is 0 Å². The average Bonchev–Trinajstić information content (AvgIpc) is 2.62. The molecular weight excluding hydrogens is 398 g/mol. The zero-order chi connectivity index (χ0) is 22.2. The van der Waals surface area contributed by atoms with Crippen molar-refractivity contribution in [3.63, 3.8) is 0 Å². The first-order valence-corrected chi connectivity index (χ1v) is 14.0. The van der Waals surface area contributed by atoms with Crippen LogP contribution >= 0.6 is 0 Å². The Kier molecular flexibility index (Phi) is 9.25. The molecule has 160 valence electrons. The number of rotatable bonds is 10. The van der Waals surface area contributed by atoms with E-state index in [2.05, 4.69) is 47.5 Å². The summed E-state index contributed by atoms with van der Waals surface area (Å²) in [5.74, 6) is 2.94. The molecule has 0 amide bonds. The van der Waals surface area contributed by atoms with Crippen LogP contribution in [0.1, 0.15) is 47.1 Å². The van der Waals surface area contributed by atoms with E-state index < -0.39 is 18.3 Å². The zero-order valence-corrected chi connectivity index (χ0v) is 20.5. The summed E-state index contributed by atoms with van der Waals surface area (Å²) >= 11 is 0. The molecule has 0 atom stereocenters. The minimum Gasteiger partial charge on any atom is -0.542 e. The maximum absolute atomic E-state index is 12.2. The molecular formula is C23H35NO3SSi. The first-order valence-electron chi connectivity index (χ1n) is 9.99. The highest BCUT2D eigenvalue weighted by Gasteiger charge is 2.47. The van der Waals surface area contributed by atoms with Gasteiger partial charge in [0, 0.05) is 0 Å². The third kappa shape index (κ3) is 6.79. The predicted molar refractivity (Wildman–Crippen MR) is 126 cm³/mol. The molecule has 0 saturated heterocycles. The second kappa shape index (κ2) is 10.7. The normalized spacial score (nSPS) is 13.3. The van der Waals surface area contributed by atoms with Gasteiger partial charge in [-0.15, -0.1) is 6.42 Å². The lowest BCUT2D eigenvalue weighted by molar-refractivity contribution is 0.377. The van der Waals surface area contributed by atoms with Crippen molar-refractivity contribution in [2.24, 2.45) is 0 Å². The number of nitrogens with zero attached hydrogens (tertiary/aromatic N) is 1.